The van der Waals surface area contributed by atoms with E-state index in [0.29, 0.717) is 16.3 Å². The molecule has 3 nitrogen and oxygen atoms in total. The highest BCUT2D eigenvalue weighted by molar-refractivity contribution is 7.99. The third-order valence-corrected chi connectivity index (χ3v) is 4.00. The van der Waals surface area contributed by atoms with Gasteiger partial charge in [-0.15, -0.1) is 11.8 Å². The van der Waals surface area contributed by atoms with Crippen LogP contribution in [0.3, 0.4) is 0 Å². The van der Waals surface area contributed by atoms with E-state index in [1.165, 1.54) is 17.8 Å². The fourth-order valence-corrected chi connectivity index (χ4v) is 2.85. The number of halogens is 1. The van der Waals surface area contributed by atoms with Gasteiger partial charge in [-0.2, -0.15) is 0 Å². The van der Waals surface area contributed by atoms with Crippen molar-refractivity contribution in [3.05, 3.63) is 54.1 Å². The summed E-state index contributed by atoms with van der Waals surface area (Å²) in [5.74, 6) is 0.495. The molecule has 0 aliphatic rings. The molecular weight excluding hydrogens is 261 g/mol. The number of nitrogens with zero attached hydrogens (tertiary/aromatic N) is 1. The van der Waals surface area contributed by atoms with Crippen LogP contribution in [0.2, 0.25) is 0 Å². The molecule has 1 atom stereocenters. The van der Waals surface area contributed by atoms with Gasteiger partial charge in [-0.1, -0.05) is 12.1 Å². The van der Waals surface area contributed by atoms with Crippen molar-refractivity contribution >= 4 is 17.4 Å². The quantitative estimate of drug-likeness (QED) is 0.825. The molecule has 0 saturated carbocycles. The largest absolute Gasteiger partial charge is 0.398 e. The first-order chi connectivity index (χ1) is 9.22. The van der Waals surface area contributed by atoms with Crippen LogP contribution in [0.15, 0.2) is 47.6 Å². The van der Waals surface area contributed by atoms with E-state index < -0.39 is 0 Å². The second-order valence-corrected chi connectivity index (χ2v) is 5.15. The van der Waals surface area contributed by atoms with Crippen molar-refractivity contribution in [2.75, 3.05) is 18.5 Å². The van der Waals surface area contributed by atoms with Gasteiger partial charge in [-0.3, -0.25) is 4.98 Å². The van der Waals surface area contributed by atoms with Crippen LogP contribution in [-0.4, -0.2) is 17.8 Å². The fourth-order valence-electron chi connectivity index (χ4n) is 1.77. The molecule has 19 heavy (non-hydrogen) atoms. The van der Waals surface area contributed by atoms with Crippen molar-refractivity contribution < 1.29 is 4.39 Å². The predicted octanol–water partition coefficient (Wildman–Crippen LogP) is 2.86. The lowest BCUT2D eigenvalue weighted by molar-refractivity contribution is 0.601. The molecule has 0 amide bonds. The highest BCUT2D eigenvalue weighted by Gasteiger charge is 2.13. The number of nitrogens with one attached hydrogen (secondary N) is 1. The van der Waals surface area contributed by atoms with Crippen molar-refractivity contribution in [1.29, 1.82) is 0 Å². The number of thioether (sulfide) groups is 1. The third-order valence-electron chi connectivity index (χ3n) is 2.85. The van der Waals surface area contributed by atoms with Gasteiger partial charge < -0.3 is 11.1 Å². The van der Waals surface area contributed by atoms with Gasteiger partial charge in [0.05, 0.1) is 0 Å². The first-order valence-electron chi connectivity index (χ1n) is 5.96. The Morgan fingerprint density at radius 3 is 2.84 bits per heavy atom. The molecule has 5 heteroatoms. The SMILES string of the molecule is CNC(CSc1ccccc1F)c1cnccc1N. The monoisotopic (exact) mass is 277 g/mol. The molecule has 0 radical (unpaired) electrons. The van der Waals surface area contributed by atoms with E-state index in [1.807, 2.05) is 13.1 Å². The lowest BCUT2D eigenvalue weighted by atomic mass is 10.1. The summed E-state index contributed by atoms with van der Waals surface area (Å²) in [5, 5.41) is 3.19. The summed E-state index contributed by atoms with van der Waals surface area (Å²) in [6, 6.07) is 8.58. The minimum absolute atomic E-state index is 0.0401. The van der Waals surface area contributed by atoms with E-state index in [4.69, 9.17) is 5.73 Å². The van der Waals surface area contributed by atoms with Gasteiger partial charge in [0.15, 0.2) is 0 Å². The van der Waals surface area contributed by atoms with Gasteiger partial charge in [0.25, 0.3) is 0 Å². The Morgan fingerprint density at radius 2 is 2.16 bits per heavy atom. The Morgan fingerprint density at radius 1 is 1.37 bits per heavy atom. The molecule has 1 heterocycles. The highest BCUT2D eigenvalue weighted by atomic mass is 32.2. The molecule has 0 spiro atoms. The Kier molecular flexibility index (Phi) is 4.76. The van der Waals surface area contributed by atoms with Crippen LogP contribution < -0.4 is 11.1 Å². The third kappa shape index (κ3) is 3.45. The van der Waals surface area contributed by atoms with E-state index >= 15 is 0 Å². The van der Waals surface area contributed by atoms with Gasteiger partial charge in [-0.25, -0.2) is 4.39 Å². The summed E-state index contributed by atoms with van der Waals surface area (Å²) >= 11 is 1.46. The number of pyridine rings is 1. The maximum absolute atomic E-state index is 13.5. The first-order valence-corrected chi connectivity index (χ1v) is 6.95. The molecule has 3 N–H and O–H groups in total. The standard InChI is InChI=1S/C14H16FN3S/c1-17-13(10-8-18-7-6-12(10)16)9-19-14-5-3-2-4-11(14)15/h2-8,13,17H,9H2,1H3,(H2,16,18). The molecule has 2 rings (SSSR count). The number of hydrogen-bond donors (Lipinski definition) is 2. The number of anilines is 1. The number of rotatable bonds is 5. The number of nitrogens with two attached hydrogens (primary N) is 1. The molecule has 1 unspecified atom stereocenters. The zero-order chi connectivity index (χ0) is 13.7. The van der Waals surface area contributed by atoms with E-state index in [1.54, 1.807) is 30.6 Å². The summed E-state index contributed by atoms with van der Waals surface area (Å²) in [5.41, 5.74) is 7.57. The summed E-state index contributed by atoms with van der Waals surface area (Å²) in [4.78, 5) is 4.73. The second kappa shape index (κ2) is 6.54. The zero-order valence-corrected chi connectivity index (χ0v) is 11.5. The molecule has 0 saturated heterocycles. The van der Waals surface area contributed by atoms with Crippen molar-refractivity contribution in [3.8, 4) is 0 Å². The highest BCUT2D eigenvalue weighted by Crippen LogP contribution is 2.28. The Bertz CT molecular complexity index is 548. The number of benzene rings is 1. The number of aromatic nitrogens is 1. The van der Waals surface area contributed by atoms with E-state index in [-0.39, 0.29) is 11.9 Å². The topological polar surface area (TPSA) is 50.9 Å². The van der Waals surface area contributed by atoms with Gasteiger partial charge in [0.2, 0.25) is 0 Å². The van der Waals surface area contributed by atoms with E-state index in [2.05, 4.69) is 10.3 Å². The van der Waals surface area contributed by atoms with Crippen LogP contribution in [0.4, 0.5) is 10.1 Å². The summed E-state index contributed by atoms with van der Waals surface area (Å²) in [7, 11) is 1.86. The molecule has 0 bridgehead atoms. The van der Waals surface area contributed by atoms with Crippen molar-refractivity contribution in [3.63, 3.8) is 0 Å². The Labute approximate surface area is 116 Å². The molecule has 0 aliphatic carbocycles. The van der Waals surface area contributed by atoms with Crippen molar-refractivity contribution in [1.82, 2.24) is 10.3 Å². The smallest absolute Gasteiger partial charge is 0.136 e. The molecule has 1 aromatic carbocycles. The normalized spacial score (nSPS) is 12.3. The molecule has 100 valence electrons. The first kappa shape index (κ1) is 13.8. The lowest BCUT2D eigenvalue weighted by Gasteiger charge is -2.17. The van der Waals surface area contributed by atoms with Crippen LogP contribution in [-0.2, 0) is 0 Å². The Balaban J connectivity index is 2.09. The number of nitrogen functional groups attached to an aromatic ring is 1. The van der Waals surface area contributed by atoms with Gasteiger partial charge in [-0.05, 0) is 25.2 Å². The van der Waals surface area contributed by atoms with Crippen LogP contribution in [0.25, 0.3) is 0 Å². The number of hydrogen-bond acceptors (Lipinski definition) is 4. The van der Waals surface area contributed by atoms with Gasteiger partial charge >= 0.3 is 0 Å². The average molecular weight is 277 g/mol. The molecular formula is C14H16FN3S. The molecule has 2 aromatic rings. The summed E-state index contributed by atoms with van der Waals surface area (Å²) in [6.07, 6.45) is 3.41. The Hall–Kier alpha value is -1.59. The molecule has 0 aliphatic heterocycles. The lowest BCUT2D eigenvalue weighted by Crippen LogP contribution is -2.20. The van der Waals surface area contributed by atoms with E-state index in [0.717, 1.165) is 5.56 Å². The van der Waals surface area contributed by atoms with E-state index in [9.17, 15) is 4.39 Å². The second-order valence-electron chi connectivity index (χ2n) is 4.09. The maximum atomic E-state index is 13.5. The fraction of sp³-hybridized carbons (Fsp3) is 0.214. The summed E-state index contributed by atoms with van der Waals surface area (Å²) in [6.45, 7) is 0. The predicted molar refractivity (Wildman–Crippen MR) is 77.6 cm³/mol. The van der Waals surface area contributed by atoms with Gasteiger partial charge in [0, 0.05) is 40.3 Å². The zero-order valence-electron chi connectivity index (χ0n) is 10.6. The van der Waals surface area contributed by atoms with Crippen molar-refractivity contribution in [2.45, 2.75) is 10.9 Å². The minimum Gasteiger partial charge on any atom is -0.398 e. The average Bonchev–Trinajstić information content (AvgIpc) is 2.43. The maximum Gasteiger partial charge on any atom is 0.136 e. The van der Waals surface area contributed by atoms with Crippen LogP contribution in [0.1, 0.15) is 11.6 Å². The minimum atomic E-state index is -0.193. The van der Waals surface area contributed by atoms with Crippen molar-refractivity contribution in [2.24, 2.45) is 0 Å². The van der Waals surface area contributed by atoms with Gasteiger partial charge in [0.1, 0.15) is 5.82 Å². The van der Waals surface area contributed by atoms with Crippen LogP contribution in [0, 0.1) is 5.82 Å². The van der Waals surface area contributed by atoms with Crippen LogP contribution >= 0.6 is 11.8 Å². The summed E-state index contributed by atoms with van der Waals surface area (Å²) < 4.78 is 13.5. The molecule has 1 aromatic heterocycles. The molecule has 0 fully saturated rings. The van der Waals surface area contributed by atoms with Crippen LogP contribution in [0.5, 0.6) is 0 Å².